The molecule has 0 aliphatic rings. The van der Waals surface area contributed by atoms with Gasteiger partial charge in [0.2, 0.25) is 16.4 Å². The minimum atomic E-state index is -0.299. The second-order valence-electron chi connectivity index (χ2n) is 3.61. The van der Waals surface area contributed by atoms with Crippen LogP contribution in [-0.4, -0.2) is 36.3 Å². The summed E-state index contributed by atoms with van der Waals surface area (Å²) in [5.74, 6) is 0.407. The third kappa shape index (κ3) is 3.44. The molecule has 0 aliphatic carbocycles. The van der Waals surface area contributed by atoms with E-state index in [-0.39, 0.29) is 11.0 Å². The molecule has 0 spiro atoms. The highest BCUT2D eigenvalue weighted by molar-refractivity contribution is 7.99. The molecule has 0 saturated heterocycles. The van der Waals surface area contributed by atoms with E-state index in [1.807, 2.05) is 6.92 Å². The van der Waals surface area contributed by atoms with Crippen LogP contribution in [0.3, 0.4) is 0 Å². The summed E-state index contributed by atoms with van der Waals surface area (Å²) >= 11 is 6.96. The maximum atomic E-state index is 11.2. The third-order valence-corrected chi connectivity index (χ3v) is 3.22. The highest BCUT2D eigenvalue weighted by Gasteiger charge is 2.11. The molecule has 102 valence electrons. The van der Waals surface area contributed by atoms with Crippen LogP contribution in [0.4, 0.5) is 5.95 Å². The van der Waals surface area contributed by atoms with Crippen molar-refractivity contribution in [3.05, 3.63) is 15.8 Å². The topological polar surface area (TPSA) is 101 Å². The standard InChI is InChI=1S/C9H12ClN7OS/c1-3-4-11-6-12-5(10)13-7(14-6)19-9-16-15-8(18)17(9)2/h3-4H2,1-2H3,(H,15,18)(H,11,12,13,14). The number of hydrogen-bond acceptors (Lipinski definition) is 7. The Morgan fingerprint density at radius 3 is 2.84 bits per heavy atom. The molecule has 0 bridgehead atoms. The first kappa shape index (κ1) is 13.8. The molecule has 0 atom stereocenters. The van der Waals surface area contributed by atoms with Crippen LogP contribution in [0, 0.1) is 0 Å². The molecule has 2 rings (SSSR count). The van der Waals surface area contributed by atoms with Crippen LogP contribution in [-0.2, 0) is 7.05 Å². The van der Waals surface area contributed by atoms with Crippen LogP contribution in [0.2, 0.25) is 5.28 Å². The molecular formula is C9H12ClN7OS. The molecule has 2 aromatic rings. The fraction of sp³-hybridized carbons (Fsp3) is 0.444. The Hall–Kier alpha value is -1.61. The summed E-state index contributed by atoms with van der Waals surface area (Å²) in [6, 6.07) is 0. The molecule has 0 saturated carbocycles. The molecule has 0 radical (unpaired) electrons. The van der Waals surface area contributed by atoms with Gasteiger partial charge in [-0.25, -0.2) is 9.89 Å². The Morgan fingerprint density at radius 2 is 2.21 bits per heavy atom. The number of rotatable bonds is 5. The summed E-state index contributed by atoms with van der Waals surface area (Å²) in [6.45, 7) is 2.77. The van der Waals surface area contributed by atoms with Crippen molar-refractivity contribution in [1.29, 1.82) is 0 Å². The number of anilines is 1. The van der Waals surface area contributed by atoms with Crippen molar-refractivity contribution in [3.63, 3.8) is 0 Å². The largest absolute Gasteiger partial charge is 0.354 e. The molecule has 8 nitrogen and oxygen atoms in total. The minimum absolute atomic E-state index is 0.0941. The Kier molecular flexibility index (Phi) is 4.38. The van der Waals surface area contributed by atoms with E-state index in [0.717, 1.165) is 24.7 Å². The Morgan fingerprint density at radius 1 is 1.42 bits per heavy atom. The van der Waals surface area contributed by atoms with Crippen LogP contribution in [0.15, 0.2) is 15.1 Å². The van der Waals surface area contributed by atoms with E-state index in [9.17, 15) is 4.79 Å². The number of hydrogen-bond donors (Lipinski definition) is 2. The predicted molar refractivity (Wildman–Crippen MR) is 71.6 cm³/mol. The molecule has 0 unspecified atom stereocenters. The van der Waals surface area contributed by atoms with Crippen LogP contribution >= 0.6 is 23.4 Å². The zero-order valence-electron chi connectivity index (χ0n) is 10.3. The lowest BCUT2D eigenvalue weighted by Gasteiger charge is -2.04. The lowest BCUT2D eigenvalue weighted by Crippen LogP contribution is -2.13. The van der Waals surface area contributed by atoms with Crippen molar-refractivity contribution < 1.29 is 0 Å². The number of halogens is 1. The first-order valence-corrected chi connectivity index (χ1v) is 6.74. The van der Waals surface area contributed by atoms with Gasteiger partial charge in [0.15, 0.2) is 5.16 Å². The van der Waals surface area contributed by atoms with E-state index in [4.69, 9.17) is 11.6 Å². The van der Waals surface area contributed by atoms with Gasteiger partial charge in [-0.05, 0) is 29.8 Å². The van der Waals surface area contributed by atoms with E-state index in [1.54, 1.807) is 7.05 Å². The van der Waals surface area contributed by atoms with Crippen molar-refractivity contribution >= 4 is 29.3 Å². The fourth-order valence-corrected chi connectivity index (χ4v) is 2.15. The molecule has 0 aromatic carbocycles. The quantitative estimate of drug-likeness (QED) is 0.846. The number of nitrogens with one attached hydrogen (secondary N) is 2. The molecule has 0 fully saturated rings. The van der Waals surface area contributed by atoms with Gasteiger partial charge in [-0.3, -0.25) is 4.57 Å². The summed E-state index contributed by atoms with van der Waals surface area (Å²) < 4.78 is 1.36. The monoisotopic (exact) mass is 301 g/mol. The number of aromatic amines is 1. The summed E-state index contributed by atoms with van der Waals surface area (Å²) in [5, 5.41) is 10.1. The average molecular weight is 302 g/mol. The van der Waals surface area contributed by atoms with Crippen LogP contribution in [0.25, 0.3) is 0 Å². The number of aromatic nitrogens is 6. The van der Waals surface area contributed by atoms with Gasteiger partial charge in [-0.1, -0.05) is 6.92 Å². The summed E-state index contributed by atoms with van der Waals surface area (Å²) in [5.41, 5.74) is -0.299. The zero-order valence-corrected chi connectivity index (χ0v) is 11.9. The van der Waals surface area contributed by atoms with Gasteiger partial charge in [0.05, 0.1) is 0 Å². The van der Waals surface area contributed by atoms with Crippen molar-refractivity contribution in [1.82, 2.24) is 29.7 Å². The van der Waals surface area contributed by atoms with Crippen molar-refractivity contribution in [2.75, 3.05) is 11.9 Å². The van der Waals surface area contributed by atoms with Crippen LogP contribution in [0.1, 0.15) is 13.3 Å². The van der Waals surface area contributed by atoms with Crippen molar-refractivity contribution in [2.24, 2.45) is 7.05 Å². The second-order valence-corrected chi connectivity index (χ2v) is 4.88. The van der Waals surface area contributed by atoms with Gasteiger partial charge in [0.25, 0.3) is 0 Å². The maximum Gasteiger partial charge on any atom is 0.343 e. The zero-order chi connectivity index (χ0) is 13.8. The molecule has 0 aliphatic heterocycles. The van der Waals surface area contributed by atoms with Gasteiger partial charge >= 0.3 is 5.69 Å². The van der Waals surface area contributed by atoms with E-state index in [1.165, 1.54) is 4.57 Å². The Balaban J connectivity index is 2.22. The number of nitrogens with zero attached hydrogens (tertiary/aromatic N) is 5. The maximum absolute atomic E-state index is 11.2. The normalized spacial score (nSPS) is 10.7. The van der Waals surface area contributed by atoms with Gasteiger partial charge in [0.1, 0.15) is 0 Å². The molecular weight excluding hydrogens is 290 g/mol. The van der Waals surface area contributed by atoms with Gasteiger partial charge < -0.3 is 5.32 Å². The second kappa shape index (κ2) is 6.02. The highest BCUT2D eigenvalue weighted by atomic mass is 35.5. The van der Waals surface area contributed by atoms with Crippen LogP contribution < -0.4 is 11.0 Å². The van der Waals surface area contributed by atoms with E-state index in [0.29, 0.717) is 16.3 Å². The highest BCUT2D eigenvalue weighted by Crippen LogP contribution is 2.22. The number of H-pyrrole nitrogens is 1. The van der Waals surface area contributed by atoms with Gasteiger partial charge in [0, 0.05) is 13.6 Å². The van der Waals surface area contributed by atoms with Crippen molar-refractivity contribution in [2.45, 2.75) is 23.7 Å². The first-order valence-electron chi connectivity index (χ1n) is 5.55. The molecule has 0 amide bonds. The minimum Gasteiger partial charge on any atom is -0.354 e. The van der Waals surface area contributed by atoms with E-state index >= 15 is 0 Å². The molecule has 10 heteroatoms. The summed E-state index contributed by atoms with van der Waals surface area (Å²) in [6.07, 6.45) is 0.944. The van der Waals surface area contributed by atoms with Gasteiger partial charge in [-0.2, -0.15) is 15.0 Å². The Labute approximate surface area is 118 Å². The third-order valence-electron chi connectivity index (χ3n) is 2.14. The Bertz CT molecular complexity index is 625. The predicted octanol–water partition coefficient (Wildman–Crippen LogP) is 0.920. The van der Waals surface area contributed by atoms with Gasteiger partial charge in [-0.15, -0.1) is 5.10 Å². The molecule has 2 aromatic heterocycles. The van der Waals surface area contributed by atoms with E-state index < -0.39 is 0 Å². The van der Waals surface area contributed by atoms with Crippen molar-refractivity contribution in [3.8, 4) is 0 Å². The molecule has 19 heavy (non-hydrogen) atoms. The summed E-state index contributed by atoms with van der Waals surface area (Å²) in [4.78, 5) is 23.4. The molecule has 2 heterocycles. The lowest BCUT2D eigenvalue weighted by molar-refractivity contribution is 0.761. The van der Waals surface area contributed by atoms with Crippen LogP contribution in [0.5, 0.6) is 0 Å². The fourth-order valence-electron chi connectivity index (χ4n) is 1.20. The molecule has 2 N–H and O–H groups in total. The summed E-state index contributed by atoms with van der Waals surface area (Å²) in [7, 11) is 1.60. The lowest BCUT2D eigenvalue weighted by atomic mass is 10.5. The SMILES string of the molecule is CCCNc1nc(Cl)nc(Sc2n[nH]c(=O)n2C)n1. The van der Waals surface area contributed by atoms with E-state index in [2.05, 4.69) is 30.5 Å². The smallest absolute Gasteiger partial charge is 0.343 e. The first-order chi connectivity index (χ1) is 9.10. The average Bonchev–Trinajstić information content (AvgIpc) is 2.68.